The predicted octanol–water partition coefficient (Wildman–Crippen LogP) is 24.2. The molecule has 0 heterocycles. The van der Waals surface area contributed by atoms with Gasteiger partial charge in [0.1, 0.15) is 13.2 Å². The van der Waals surface area contributed by atoms with Crippen molar-refractivity contribution in [2.24, 2.45) is 0 Å². The standard InChI is InChI=1S/C75H132O6/c1-4-7-10-13-16-19-22-25-28-30-31-32-33-34-35-36-37-38-39-40-41-42-43-45-47-50-53-56-59-62-65-68-74(77)80-71-72(70-79-73(76)67-64-61-58-55-52-49-46-27-24-21-18-15-12-9-6-3)81-75(78)69-66-63-60-57-54-51-48-44-29-26-23-20-17-14-11-8-5-2/h7,10,16-17,19-20,25-29,31-32,46,72H,4-6,8-9,11-15,18,21-24,30,33-45,47-71H2,1-3H3/b10-7-,19-16-,20-17-,28-25-,29-26-,32-31-,46-27-. The van der Waals surface area contributed by atoms with E-state index in [0.717, 1.165) is 103 Å². The number of carbonyl (C=O) groups is 3. The number of carbonyl (C=O) groups excluding carboxylic acids is 3. The minimum absolute atomic E-state index is 0.0786. The molecule has 6 nitrogen and oxygen atoms in total. The van der Waals surface area contributed by atoms with E-state index in [1.165, 1.54) is 212 Å². The molecule has 1 unspecified atom stereocenters. The van der Waals surface area contributed by atoms with Gasteiger partial charge in [-0.1, -0.05) is 305 Å². The molecule has 1 atom stereocenters. The highest BCUT2D eigenvalue weighted by Crippen LogP contribution is 2.17. The second kappa shape index (κ2) is 69.1. The fourth-order valence-electron chi connectivity index (χ4n) is 10.1. The molecular formula is C75H132O6. The van der Waals surface area contributed by atoms with Crippen molar-refractivity contribution in [3.05, 3.63) is 85.1 Å². The molecule has 0 saturated heterocycles. The third-order valence-corrected chi connectivity index (χ3v) is 15.4. The summed E-state index contributed by atoms with van der Waals surface area (Å²) in [7, 11) is 0. The Morgan fingerprint density at radius 3 is 0.790 bits per heavy atom. The molecule has 0 aliphatic heterocycles. The first-order valence-corrected chi connectivity index (χ1v) is 35.1. The predicted molar refractivity (Wildman–Crippen MR) is 353 cm³/mol. The number of esters is 3. The van der Waals surface area contributed by atoms with Gasteiger partial charge in [-0.3, -0.25) is 14.4 Å². The number of rotatable bonds is 64. The van der Waals surface area contributed by atoms with Crippen LogP contribution in [-0.4, -0.2) is 37.2 Å². The van der Waals surface area contributed by atoms with Gasteiger partial charge >= 0.3 is 17.9 Å². The fourth-order valence-corrected chi connectivity index (χ4v) is 10.1. The first-order valence-electron chi connectivity index (χ1n) is 35.1. The van der Waals surface area contributed by atoms with Crippen molar-refractivity contribution in [1.29, 1.82) is 0 Å². The zero-order chi connectivity index (χ0) is 58.5. The monoisotopic (exact) mass is 1130 g/mol. The third kappa shape index (κ3) is 67.3. The van der Waals surface area contributed by atoms with Crippen LogP contribution in [0.2, 0.25) is 0 Å². The Morgan fingerprint density at radius 1 is 0.259 bits per heavy atom. The normalized spacial score (nSPS) is 12.6. The molecule has 0 radical (unpaired) electrons. The summed E-state index contributed by atoms with van der Waals surface area (Å²) in [4.78, 5) is 38.4. The maximum absolute atomic E-state index is 12.9. The highest BCUT2D eigenvalue weighted by atomic mass is 16.6. The number of ether oxygens (including phenoxy) is 3. The van der Waals surface area contributed by atoms with Gasteiger partial charge in [-0.2, -0.15) is 0 Å². The van der Waals surface area contributed by atoms with Gasteiger partial charge in [-0.25, -0.2) is 0 Å². The van der Waals surface area contributed by atoms with Crippen molar-refractivity contribution in [2.75, 3.05) is 13.2 Å². The number of unbranched alkanes of at least 4 members (excludes halogenated alkanes) is 39. The molecule has 0 spiro atoms. The Morgan fingerprint density at radius 2 is 0.481 bits per heavy atom. The molecule has 0 bridgehead atoms. The first-order chi connectivity index (χ1) is 40.0. The van der Waals surface area contributed by atoms with Crippen molar-refractivity contribution >= 4 is 17.9 Å². The maximum Gasteiger partial charge on any atom is 0.306 e. The Hall–Kier alpha value is -3.41. The Kier molecular flexibility index (Phi) is 66.2. The third-order valence-electron chi connectivity index (χ3n) is 15.4. The van der Waals surface area contributed by atoms with E-state index in [0.29, 0.717) is 19.3 Å². The van der Waals surface area contributed by atoms with E-state index in [2.05, 4.69) is 106 Å². The van der Waals surface area contributed by atoms with E-state index < -0.39 is 6.10 Å². The Bertz CT molecular complexity index is 1530. The highest BCUT2D eigenvalue weighted by molar-refractivity contribution is 5.71. The number of hydrogen-bond acceptors (Lipinski definition) is 6. The number of hydrogen-bond donors (Lipinski definition) is 0. The lowest BCUT2D eigenvalue weighted by Gasteiger charge is -2.18. The fraction of sp³-hybridized carbons (Fsp3) is 0.773. The van der Waals surface area contributed by atoms with Gasteiger partial charge in [0.15, 0.2) is 6.10 Å². The Labute approximate surface area is 503 Å². The molecule has 0 aromatic carbocycles. The van der Waals surface area contributed by atoms with E-state index in [9.17, 15) is 14.4 Å². The van der Waals surface area contributed by atoms with Crippen LogP contribution in [0, 0.1) is 0 Å². The van der Waals surface area contributed by atoms with Crippen LogP contribution in [0.25, 0.3) is 0 Å². The van der Waals surface area contributed by atoms with Crippen LogP contribution in [0.4, 0.5) is 0 Å². The molecule has 0 fully saturated rings. The lowest BCUT2D eigenvalue weighted by molar-refractivity contribution is -0.167. The van der Waals surface area contributed by atoms with Crippen LogP contribution in [0.5, 0.6) is 0 Å². The molecule has 0 N–H and O–H groups in total. The smallest absolute Gasteiger partial charge is 0.306 e. The second-order valence-corrected chi connectivity index (χ2v) is 23.4. The Balaban J connectivity index is 4.22. The van der Waals surface area contributed by atoms with E-state index in [1.54, 1.807) is 0 Å². The maximum atomic E-state index is 12.9. The van der Waals surface area contributed by atoms with Gasteiger partial charge in [0.2, 0.25) is 0 Å². The SMILES string of the molecule is CC/C=C\C/C=C\C/C=C\C/C=C\CCCCCCCCCCCCCCCCCCCCC(=O)OCC(COC(=O)CCCCCCC/C=C\CCCCCCCC)OC(=O)CCCCCCCCC/C=C\C/C=C\CCCCC. The minimum atomic E-state index is -0.784. The lowest BCUT2D eigenvalue weighted by Crippen LogP contribution is -2.30. The molecule has 81 heavy (non-hydrogen) atoms. The zero-order valence-corrected chi connectivity index (χ0v) is 53.8. The quantitative estimate of drug-likeness (QED) is 0.0261. The molecule has 468 valence electrons. The summed E-state index contributed by atoms with van der Waals surface area (Å²) in [6.07, 6.45) is 91.8. The van der Waals surface area contributed by atoms with Crippen molar-refractivity contribution in [2.45, 2.75) is 361 Å². The molecule has 0 aliphatic rings. The summed E-state index contributed by atoms with van der Waals surface area (Å²) in [6.45, 7) is 6.53. The van der Waals surface area contributed by atoms with Crippen LogP contribution in [0.15, 0.2) is 85.1 Å². The molecule has 0 aliphatic carbocycles. The lowest BCUT2D eigenvalue weighted by atomic mass is 10.0. The summed E-state index contributed by atoms with van der Waals surface area (Å²) < 4.78 is 17.0. The highest BCUT2D eigenvalue weighted by Gasteiger charge is 2.19. The van der Waals surface area contributed by atoms with Gasteiger partial charge in [-0.05, 0) is 116 Å². The van der Waals surface area contributed by atoms with Gasteiger partial charge in [-0.15, -0.1) is 0 Å². The second-order valence-electron chi connectivity index (χ2n) is 23.4. The van der Waals surface area contributed by atoms with E-state index in [4.69, 9.17) is 14.2 Å². The zero-order valence-electron chi connectivity index (χ0n) is 53.8. The molecule has 0 amide bonds. The van der Waals surface area contributed by atoms with Crippen molar-refractivity contribution in [3.63, 3.8) is 0 Å². The van der Waals surface area contributed by atoms with E-state index in [1.807, 2.05) is 0 Å². The molecule has 6 heteroatoms. The molecular weight excluding hydrogens is 997 g/mol. The first kappa shape index (κ1) is 77.6. The van der Waals surface area contributed by atoms with Crippen molar-refractivity contribution in [1.82, 2.24) is 0 Å². The van der Waals surface area contributed by atoms with Gasteiger partial charge in [0.05, 0.1) is 0 Å². The van der Waals surface area contributed by atoms with Crippen LogP contribution < -0.4 is 0 Å². The van der Waals surface area contributed by atoms with Crippen LogP contribution in [-0.2, 0) is 28.6 Å². The minimum Gasteiger partial charge on any atom is -0.462 e. The van der Waals surface area contributed by atoms with Gasteiger partial charge in [0, 0.05) is 19.3 Å². The van der Waals surface area contributed by atoms with Crippen molar-refractivity contribution < 1.29 is 28.6 Å². The van der Waals surface area contributed by atoms with Crippen LogP contribution in [0.3, 0.4) is 0 Å². The van der Waals surface area contributed by atoms with Gasteiger partial charge in [0.25, 0.3) is 0 Å². The van der Waals surface area contributed by atoms with Crippen molar-refractivity contribution in [3.8, 4) is 0 Å². The largest absolute Gasteiger partial charge is 0.462 e. The average Bonchev–Trinajstić information content (AvgIpc) is 3.47. The van der Waals surface area contributed by atoms with Gasteiger partial charge < -0.3 is 14.2 Å². The topological polar surface area (TPSA) is 78.9 Å². The summed E-state index contributed by atoms with van der Waals surface area (Å²) in [5.41, 5.74) is 0. The number of allylic oxidation sites excluding steroid dienone is 14. The summed E-state index contributed by atoms with van der Waals surface area (Å²) in [5, 5.41) is 0. The molecule has 0 rings (SSSR count). The molecule has 0 aromatic rings. The summed E-state index contributed by atoms with van der Waals surface area (Å²) in [6, 6.07) is 0. The average molecular weight is 1130 g/mol. The summed E-state index contributed by atoms with van der Waals surface area (Å²) >= 11 is 0. The molecule has 0 aromatic heterocycles. The summed E-state index contributed by atoms with van der Waals surface area (Å²) in [5.74, 6) is -0.876. The van der Waals surface area contributed by atoms with E-state index in [-0.39, 0.29) is 31.1 Å². The van der Waals surface area contributed by atoms with E-state index >= 15 is 0 Å². The van der Waals surface area contributed by atoms with Crippen LogP contribution >= 0.6 is 0 Å². The molecule has 0 saturated carbocycles. The van der Waals surface area contributed by atoms with Crippen LogP contribution in [0.1, 0.15) is 355 Å².